The molecule has 0 radical (unpaired) electrons. The van der Waals surface area contributed by atoms with Crippen molar-refractivity contribution < 1.29 is 9.59 Å². The fraction of sp³-hybridized carbons (Fsp3) is 0.0741. The average molecular weight is 458 g/mol. The Balaban J connectivity index is 1.77. The molecule has 1 unspecified atom stereocenters. The number of carbonyl (C=O) groups is 2. The zero-order chi connectivity index (χ0) is 24.5. The lowest BCUT2D eigenvalue weighted by Crippen LogP contribution is -2.36. The Morgan fingerprint density at radius 3 is 2.34 bits per heavy atom. The lowest BCUT2D eigenvalue weighted by Gasteiger charge is -2.22. The largest absolute Gasteiger partial charge is 0.399 e. The van der Waals surface area contributed by atoms with Gasteiger partial charge in [-0.1, -0.05) is 42.5 Å². The number of nitrogen functional groups attached to an aromatic ring is 1. The number of hydrogen-bond acceptors (Lipinski definition) is 6. The topological polar surface area (TPSA) is 129 Å². The highest BCUT2D eigenvalue weighted by molar-refractivity contribution is 6.18. The van der Waals surface area contributed by atoms with Crippen molar-refractivity contribution in [1.82, 2.24) is 9.78 Å². The third-order valence-corrected chi connectivity index (χ3v) is 5.91. The second-order valence-electron chi connectivity index (χ2n) is 8.04. The van der Waals surface area contributed by atoms with Crippen molar-refractivity contribution in [3.63, 3.8) is 0 Å². The molecule has 0 spiro atoms. The Hall–Kier alpha value is -5.21. The van der Waals surface area contributed by atoms with Gasteiger partial charge in [0.05, 0.1) is 23.1 Å². The lowest BCUT2D eigenvalue weighted by atomic mass is 10.0. The van der Waals surface area contributed by atoms with Crippen LogP contribution in [0, 0.1) is 28.6 Å². The van der Waals surface area contributed by atoms with Crippen LogP contribution in [0.15, 0.2) is 78.9 Å². The number of carbonyl (C=O) groups excluding carboxylic acids is 2. The summed E-state index contributed by atoms with van der Waals surface area (Å²) in [6.45, 7) is 0. The monoisotopic (exact) mass is 458 g/mol. The van der Waals surface area contributed by atoms with Gasteiger partial charge in [-0.05, 0) is 42.0 Å². The molecular formula is C27H18N6O2. The summed E-state index contributed by atoms with van der Waals surface area (Å²) < 4.78 is 1.74. The summed E-state index contributed by atoms with van der Waals surface area (Å²) in [5.41, 5.74) is 11.3. The second kappa shape index (κ2) is 8.62. The van der Waals surface area contributed by atoms with Gasteiger partial charge < -0.3 is 5.73 Å². The fourth-order valence-electron chi connectivity index (χ4n) is 4.32. The number of fused-ring (bicyclic) bond motifs is 3. The first-order chi connectivity index (χ1) is 17.0. The number of rotatable bonds is 5. The number of nitriles is 2. The molecule has 168 valence electrons. The molecule has 1 aromatic heterocycles. The number of ketones is 1. The highest BCUT2D eigenvalue weighted by Gasteiger charge is 2.38. The number of para-hydroxylation sites is 2. The molecule has 1 aliphatic carbocycles. The molecule has 0 bridgehead atoms. The third kappa shape index (κ3) is 3.60. The maximum absolute atomic E-state index is 13.6. The summed E-state index contributed by atoms with van der Waals surface area (Å²) in [7, 11) is 0. The predicted molar refractivity (Wildman–Crippen MR) is 130 cm³/mol. The van der Waals surface area contributed by atoms with Crippen LogP contribution in [0.5, 0.6) is 0 Å². The van der Waals surface area contributed by atoms with Crippen LogP contribution in [-0.4, -0.2) is 21.5 Å². The van der Waals surface area contributed by atoms with E-state index < -0.39 is 17.6 Å². The Morgan fingerprint density at radius 1 is 1.00 bits per heavy atom. The van der Waals surface area contributed by atoms with Crippen LogP contribution >= 0.6 is 0 Å². The van der Waals surface area contributed by atoms with Crippen LogP contribution in [0.2, 0.25) is 0 Å². The van der Waals surface area contributed by atoms with Crippen molar-refractivity contribution in [1.29, 1.82) is 10.5 Å². The van der Waals surface area contributed by atoms with Gasteiger partial charge >= 0.3 is 0 Å². The molecular weight excluding hydrogens is 440 g/mol. The number of benzene rings is 3. The number of hydrogen-bond donors (Lipinski definition) is 1. The van der Waals surface area contributed by atoms with Crippen LogP contribution in [0.4, 0.5) is 17.2 Å². The summed E-state index contributed by atoms with van der Waals surface area (Å²) in [6, 6.07) is 26.9. The second-order valence-corrected chi connectivity index (χ2v) is 8.04. The molecule has 0 saturated carbocycles. The smallest absolute Gasteiger partial charge is 0.258 e. The fourth-order valence-corrected chi connectivity index (χ4v) is 4.32. The Bertz CT molecular complexity index is 1540. The number of amides is 1. The van der Waals surface area contributed by atoms with Gasteiger partial charge in [-0.15, -0.1) is 5.10 Å². The van der Waals surface area contributed by atoms with E-state index in [1.54, 1.807) is 41.1 Å². The molecule has 3 aromatic carbocycles. The molecule has 8 nitrogen and oxygen atoms in total. The first kappa shape index (κ1) is 21.6. The molecule has 1 atom stereocenters. The minimum Gasteiger partial charge on any atom is -0.399 e. The van der Waals surface area contributed by atoms with Crippen LogP contribution < -0.4 is 10.6 Å². The third-order valence-electron chi connectivity index (χ3n) is 5.91. The predicted octanol–water partition coefficient (Wildman–Crippen LogP) is 3.92. The van der Waals surface area contributed by atoms with E-state index in [2.05, 4.69) is 0 Å². The quantitative estimate of drug-likeness (QED) is 0.241. The van der Waals surface area contributed by atoms with Gasteiger partial charge in [-0.25, -0.2) is 4.68 Å². The minimum atomic E-state index is -1.78. The Labute approximate surface area is 201 Å². The number of aromatic nitrogens is 2. The average Bonchev–Trinajstić information content (AvgIpc) is 3.43. The maximum Gasteiger partial charge on any atom is 0.258 e. The minimum absolute atomic E-state index is 0.292. The van der Waals surface area contributed by atoms with Crippen molar-refractivity contribution in [2.75, 3.05) is 10.6 Å². The zero-order valence-corrected chi connectivity index (χ0v) is 18.4. The van der Waals surface area contributed by atoms with Crippen LogP contribution in [0.3, 0.4) is 0 Å². The summed E-state index contributed by atoms with van der Waals surface area (Å²) >= 11 is 0. The molecule has 1 aliphatic rings. The van der Waals surface area contributed by atoms with Crippen molar-refractivity contribution >= 4 is 28.9 Å². The molecule has 4 aromatic rings. The summed E-state index contributed by atoms with van der Waals surface area (Å²) in [5, 5.41) is 23.5. The van der Waals surface area contributed by atoms with Gasteiger partial charge in [0.25, 0.3) is 11.7 Å². The zero-order valence-electron chi connectivity index (χ0n) is 18.4. The molecule has 0 saturated heterocycles. The lowest BCUT2D eigenvalue weighted by molar-refractivity contribution is -0.127. The molecule has 1 heterocycles. The standard InChI is InChI=1S/C27H18N6O2/c28-15-23(24(34)16-29)27(35)32(19-7-3-1-4-8-19)26-22-13-17-11-12-18(30)14-21(17)25(22)33(31-26)20-9-5-2-6-10-20/h1-12,14,23H,13,30H2. The Kier molecular flexibility index (Phi) is 5.33. The van der Waals surface area contributed by atoms with Gasteiger partial charge in [0.1, 0.15) is 6.07 Å². The highest BCUT2D eigenvalue weighted by atomic mass is 16.2. The maximum atomic E-state index is 13.6. The van der Waals surface area contributed by atoms with Crippen molar-refractivity contribution in [2.45, 2.75) is 6.42 Å². The van der Waals surface area contributed by atoms with E-state index in [1.807, 2.05) is 48.5 Å². The molecule has 0 fully saturated rings. The van der Waals surface area contributed by atoms with E-state index in [-0.39, 0.29) is 0 Å². The SMILES string of the molecule is N#CC(=O)C(C#N)C(=O)N(c1ccccc1)c1nn(-c2ccccc2)c2c1Cc1ccc(N)cc1-2. The van der Waals surface area contributed by atoms with Crippen molar-refractivity contribution in [3.8, 4) is 29.1 Å². The number of nitrogens with zero attached hydrogens (tertiary/aromatic N) is 5. The molecule has 2 N–H and O–H groups in total. The van der Waals surface area contributed by atoms with E-state index in [0.29, 0.717) is 23.6 Å². The first-order valence-corrected chi connectivity index (χ1v) is 10.8. The number of Topliss-reactive ketones (excluding diaryl/α,β-unsaturated/α-hetero) is 1. The summed E-state index contributed by atoms with van der Waals surface area (Å²) in [5.74, 6) is -3.44. The van der Waals surface area contributed by atoms with E-state index >= 15 is 0 Å². The van der Waals surface area contributed by atoms with Gasteiger partial charge in [0.15, 0.2) is 11.7 Å². The first-order valence-electron chi connectivity index (χ1n) is 10.8. The number of nitrogens with two attached hydrogens (primary N) is 1. The Morgan fingerprint density at radius 2 is 1.69 bits per heavy atom. The van der Waals surface area contributed by atoms with Gasteiger partial charge in [-0.2, -0.15) is 10.5 Å². The van der Waals surface area contributed by atoms with Crippen LogP contribution in [0.1, 0.15) is 11.1 Å². The summed E-state index contributed by atoms with van der Waals surface area (Å²) in [4.78, 5) is 27.0. The van der Waals surface area contributed by atoms with Crippen molar-refractivity contribution in [2.24, 2.45) is 5.92 Å². The van der Waals surface area contributed by atoms with Crippen LogP contribution in [0.25, 0.3) is 16.9 Å². The van der Waals surface area contributed by atoms with Gasteiger partial charge in [0.2, 0.25) is 0 Å². The number of anilines is 3. The van der Waals surface area contributed by atoms with Gasteiger partial charge in [0, 0.05) is 23.2 Å². The highest BCUT2D eigenvalue weighted by Crippen LogP contribution is 2.45. The molecule has 1 amide bonds. The van der Waals surface area contributed by atoms with E-state index in [4.69, 9.17) is 16.1 Å². The van der Waals surface area contributed by atoms with Crippen LogP contribution in [-0.2, 0) is 16.0 Å². The van der Waals surface area contributed by atoms with E-state index in [1.165, 1.54) is 11.0 Å². The normalized spacial score (nSPS) is 12.1. The molecule has 5 rings (SSSR count). The summed E-state index contributed by atoms with van der Waals surface area (Å²) in [6.07, 6.45) is 0.479. The van der Waals surface area contributed by atoms with E-state index in [9.17, 15) is 14.9 Å². The molecule has 8 heteroatoms. The van der Waals surface area contributed by atoms with Gasteiger partial charge in [-0.3, -0.25) is 14.5 Å². The molecule has 35 heavy (non-hydrogen) atoms. The van der Waals surface area contributed by atoms with E-state index in [0.717, 1.165) is 28.1 Å². The van der Waals surface area contributed by atoms with Crippen molar-refractivity contribution in [3.05, 3.63) is 90.0 Å². The molecule has 0 aliphatic heterocycles.